The molecule has 1 aliphatic rings. The number of nitrogens with two attached hydrogens (primary N) is 1. The van der Waals surface area contributed by atoms with Crippen molar-refractivity contribution in [1.82, 2.24) is 5.32 Å². The maximum absolute atomic E-state index is 11.3. The molecular weight excluding hydrogens is 180 g/mol. The molecule has 82 valence electrons. The normalized spacial score (nSPS) is 17.9. The zero-order chi connectivity index (χ0) is 10.4. The maximum atomic E-state index is 11.3. The highest BCUT2D eigenvalue weighted by atomic mass is 16.5. The second kappa shape index (κ2) is 5.32. The number of amides is 1. The first-order valence-corrected chi connectivity index (χ1v) is 5.18. The lowest BCUT2D eigenvalue weighted by molar-refractivity contribution is -0.121. The number of methoxy groups -OCH3 is 1. The molecule has 0 radical (unpaired) electrons. The molecule has 1 amide bonds. The van der Waals surface area contributed by atoms with Gasteiger partial charge in [-0.2, -0.15) is 0 Å². The Morgan fingerprint density at radius 2 is 2.29 bits per heavy atom. The van der Waals surface area contributed by atoms with E-state index in [0.717, 1.165) is 25.8 Å². The summed E-state index contributed by atoms with van der Waals surface area (Å²) in [6.45, 7) is 2.08. The Balaban J connectivity index is 2.03. The summed E-state index contributed by atoms with van der Waals surface area (Å²) in [6.07, 6.45) is 3.65. The fraction of sp³-hybridized carbons (Fsp3) is 0.900. The van der Waals surface area contributed by atoms with Crippen molar-refractivity contribution in [1.29, 1.82) is 0 Å². The maximum Gasteiger partial charge on any atom is 0.220 e. The van der Waals surface area contributed by atoms with E-state index in [9.17, 15) is 4.79 Å². The van der Waals surface area contributed by atoms with Gasteiger partial charge in [0.25, 0.3) is 0 Å². The van der Waals surface area contributed by atoms with E-state index >= 15 is 0 Å². The van der Waals surface area contributed by atoms with Crippen LogP contribution in [0.15, 0.2) is 0 Å². The highest BCUT2D eigenvalue weighted by Crippen LogP contribution is 2.43. The van der Waals surface area contributed by atoms with E-state index in [0.29, 0.717) is 19.6 Å². The average molecular weight is 200 g/mol. The van der Waals surface area contributed by atoms with Crippen LogP contribution in [0.5, 0.6) is 0 Å². The van der Waals surface area contributed by atoms with Gasteiger partial charge in [0.1, 0.15) is 0 Å². The van der Waals surface area contributed by atoms with E-state index in [4.69, 9.17) is 10.5 Å². The molecule has 0 aromatic rings. The van der Waals surface area contributed by atoms with Crippen molar-refractivity contribution in [3.63, 3.8) is 0 Å². The predicted molar refractivity (Wildman–Crippen MR) is 54.8 cm³/mol. The Labute approximate surface area is 85.2 Å². The van der Waals surface area contributed by atoms with Gasteiger partial charge in [0.05, 0.1) is 0 Å². The summed E-state index contributed by atoms with van der Waals surface area (Å²) in [7, 11) is 1.64. The summed E-state index contributed by atoms with van der Waals surface area (Å²) in [5.41, 5.74) is 5.84. The Kier molecular flexibility index (Phi) is 4.35. The minimum atomic E-state index is 0.113. The van der Waals surface area contributed by atoms with Crippen LogP contribution in [0.1, 0.15) is 25.7 Å². The van der Waals surface area contributed by atoms with Gasteiger partial charge in [-0.15, -0.1) is 0 Å². The minimum absolute atomic E-state index is 0.113. The minimum Gasteiger partial charge on any atom is -0.385 e. The predicted octanol–water partition coefficient (Wildman–Crippen LogP) is 0.268. The third-order valence-corrected chi connectivity index (χ3v) is 2.80. The van der Waals surface area contributed by atoms with E-state index in [1.165, 1.54) is 0 Å². The zero-order valence-electron chi connectivity index (χ0n) is 8.84. The van der Waals surface area contributed by atoms with Crippen molar-refractivity contribution < 1.29 is 9.53 Å². The van der Waals surface area contributed by atoms with Crippen LogP contribution in [0, 0.1) is 5.41 Å². The van der Waals surface area contributed by atoms with Crippen LogP contribution in [-0.2, 0) is 9.53 Å². The topological polar surface area (TPSA) is 64.3 Å². The molecule has 1 aliphatic carbocycles. The van der Waals surface area contributed by atoms with Gasteiger partial charge in [-0.05, 0) is 31.2 Å². The summed E-state index contributed by atoms with van der Waals surface area (Å²) < 4.78 is 4.87. The average Bonchev–Trinajstić information content (AvgIpc) is 2.96. The third-order valence-electron chi connectivity index (χ3n) is 2.80. The van der Waals surface area contributed by atoms with Crippen molar-refractivity contribution in [3.8, 4) is 0 Å². The fourth-order valence-corrected chi connectivity index (χ4v) is 1.38. The molecule has 0 saturated heterocycles. The summed E-state index contributed by atoms with van der Waals surface area (Å²) in [5.74, 6) is 0.113. The first-order valence-electron chi connectivity index (χ1n) is 5.18. The van der Waals surface area contributed by atoms with Gasteiger partial charge in [0.15, 0.2) is 0 Å². The number of carbonyl (C=O) groups is 1. The molecular formula is C10H20N2O2. The van der Waals surface area contributed by atoms with Gasteiger partial charge in [-0.25, -0.2) is 0 Å². The van der Waals surface area contributed by atoms with E-state index < -0.39 is 0 Å². The van der Waals surface area contributed by atoms with Crippen LogP contribution in [0.4, 0.5) is 0 Å². The first-order chi connectivity index (χ1) is 6.72. The van der Waals surface area contributed by atoms with Gasteiger partial charge in [0, 0.05) is 26.7 Å². The number of hydrogen-bond acceptors (Lipinski definition) is 3. The van der Waals surface area contributed by atoms with Gasteiger partial charge < -0.3 is 15.8 Å². The smallest absolute Gasteiger partial charge is 0.220 e. The Morgan fingerprint density at radius 3 is 2.79 bits per heavy atom. The zero-order valence-corrected chi connectivity index (χ0v) is 8.84. The van der Waals surface area contributed by atoms with Crippen LogP contribution in [0.2, 0.25) is 0 Å². The Bertz CT molecular complexity index is 191. The van der Waals surface area contributed by atoms with E-state index in [2.05, 4.69) is 5.32 Å². The molecule has 4 heteroatoms. The van der Waals surface area contributed by atoms with Gasteiger partial charge >= 0.3 is 0 Å². The molecule has 1 fully saturated rings. The molecule has 0 aliphatic heterocycles. The largest absolute Gasteiger partial charge is 0.385 e. The molecule has 0 spiro atoms. The highest BCUT2D eigenvalue weighted by Gasteiger charge is 2.41. The lowest BCUT2D eigenvalue weighted by atomic mass is 10.1. The fourth-order valence-electron chi connectivity index (χ4n) is 1.38. The molecule has 1 saturated carbocycles. The number of rotatable bonds is 7. The lowest BCUT2D eigenvalue weighted by Crippen LogP contribution is -2.33. The standard InChI is InChI=1S/C10H20N2O2/c1-14-6-2-3-9(13)12-8-10(7-11)4-5-10/h2-8,11H2,1H3,(H,12,13). The van der Waals surface area contributed by atoms with Crippen molar-refractivity contribution in [2.24, 2.45) is 11.1 Å². The Morgan fingerprint density at radius 1 is 1.57 bits per heavy atom. The van der Waals surface area contributed by atoms with Crippen molar-refractivity contribution >= 4 is 5.91 Å². The van der Waals surface area contributed by atoms with Crippen molar-refractivity contribution in [3.05, 3.63) is 0 Å². The molecule has 14 heavy (non-hydrogen) atoms. The number of nitrogens with one attached hydrogen (secondary N) is 1. The number of ether oxygens (including phenoxy) is 1. The number of carbonyl (C=O) groups excluding carboxylic acids is 1. The second-order valence-electron chi connectivity index (χ2n) is 4.08. The van der Waals surface area contributed by atoms with Crippen LogP contribution in [0.3, 0.4) is 0 Å². The van der Waals surface area contributed by atoms with Crippen molar-refractivity contribution in [2.75, 3.05) is 26.8 Å². The summed E-state index contributed by atoms with van der Waals surface area (Å²) in [4.78, 5) is 11.3. The molecule has 1 rings (SSSR count). The molecule has 0 aromatic heterocycles. The molecule has 0 bridgehead atoms. The van der Waals surface area contributed by atoms with Crippen LogP contribution < -0.4 is 11.1 Å². The summed E-state index contributed by atoms with van der Waals surface area (Å²) in [5, 5.41) is 2.92. The number of hydrogen-bond donors (Lipinski definition) is 2. The summed E-state index contributed by atoms with van der Waals surface area (Å²) in [6, 6.07) is 0. The van der Waals surface area contributed by atoms with E-state index in [1.807, 2.05) is 0 Å². The Hall–Kier alpha value is -0.610. The monoisotopic (exact) mass is 200 g/mol. The molecule has 0 heterocycles. The first kappa shape index (κ1) is 11.5. The van der Waals surface area contributed by atoms with Crippen molar-refractivity contribution in [2.45, 2.75) is 25.7 Å². The molecule has 0 unspecified atom stereocenters. The second-order valence-corrected chi connectivity index (χ2v) is 4.08. The quantitative estimate of drug-likeness (QED) is 0.580. The van der Waals surface area contributed by atoms with Crippen LogP contribution >= 0.6 is 0 Å². The van der Waals surface area contributed by atoms with Gasteiger partial charge in [-0.1, -0.05) is 0 Å². The third kappa shape index (κ3) is 3.64. The molecule has 4 nitrogen and oxygen atoms in total. The van der Waals surface area contributed by atoms with E-state index in [-0.39, 0.29) is 11.3 Å². The van der Waals surface area contributed by atoms with Gasteiger partial charge in [0.2, 0.25) is 5.91 Å². The molecule has 0 atom stereocenters. The SMILES string of the molecule is COCCCC(=O)NCC1(CN)CC1. The molecule has 0 aromatic carbocycles. The highest BCUT2D eigenvalue weighted by molar-refractivity contribution is 5.75. The summed E-state index contributed by atoms with van der Waals surface area (Å²) >= 11 is 0. The van der Waals surface area contributed by atoms with Gasteiger partial charge in [-0.3, -0.25) is 4.79 Å². The van der Waals surface area contributed by atoms with E-state index in [1.54, 1.807) is 7.11 Å². The van der Waals surface area contributed by atoms with Crippen LogP contribution in [0.25, 0.3) is 0 Å². The van der Waals surface area contributed by atoms with Crippen LogP contribution in [-0.4, -0.2) is 32.7 Å². The molecule has 3 N–H and O–H groups in total. The lowest BCUT2D eigenvalue weighted by Gasteiger charge is -2.12.